The van der Waals surface area contributed by atoms with Crippen molar-refractivity contribution in [1.29, 1.82) is 0 Å². The van der Waals surface area contributed by atoms with Crippen LogP contribution in [0.4, 0.5) is 0 Å². The van der Waals surface area contributed by atoms with Gasteiger partial charge in [-0.1, -0.05) is 33.3 Å². The third-order valence-corrected chi connectivity index (χ3v) is 5.47. The number of halogens is 1. The summed E-state index contributed by atoms with van der Waals surface area (Å²) in [5, 5.41) is 1.98. The Labute approximate surface area is 144 Å². The zero-order valence-corrected chi connectivity index (χ0v) is 15.0. The van der Waals surface area contributed by atoms with E-state index >= 15 is 0 Å². The van der Waals surface area contributed by atoms with E-state index in [1.165, 1.54) is 17.4 Å². The Morgan fingerprint density at radius 1 is 1.41 bits per heavy atom. The van der Waals surface area contributed by atoms with Crippen molar-refractivity contribution in [3.8, 4) is 0 Å². The van der Waals surface area contributed by atoms with E-state index in [2.05, 4.69) is 38.5 Å². The lowest BCUT2D eigenvalue weighted by molar-refractivity contribution is -0.113. The van der Waals surface area contributed by atoms with Gasteiger partial charge in [0, 0.05) is 22.0 Å². The van der Waals surface area contributed by atoms with Crippen molar-refractivity contribution in [3.63, 3.8) is 0 Å². The number of carbonyl (C=O) groups excluding carboxylic acids is 1. The molecule has 3 nitrogen and oxygen atoms in total. The van der Waals surface area contributed by atoms with Gasteiger partial charge in [0.05, 0.1) is 10.2 Å². The number of carbonyl (C=O) groups is 1. The van der Waals surface area contributed by atoms with E-state index in [1.54, 1.807) is 17.4 Å². The molecule has 3 rings (SSSR count). The van der Waals surface area contributed by atoms with Crippen LogP contribution in [0, 0.1) is 0 Å². The molecule has 0 unspecified atom stereocenters. The molecule has 2 aromatic heterocycles. The minimum atomic E-state index is -0.235. The summed E-state index contributed by atoms with van der Waals surface area (Å²) in [7, 11) is 0. The summed E-state index contributed by atoms with van der Waals surface area (Å²) in [6, 6.07) is 10.0. The normalized spacial score (nSPS) is 12.5. The first-order valence-electron chi connectivity index (χ1n) is 6.76. The van der Waals surface area contributed by atoms with Gasteiger partial charge in [-0.15, -0.1) is 11.3 Å². The summed E-state index contributed by atoms with van der Waals surface area (Å²) in [5.41, 5.74) is 1.10. The number of aromatic nitrogens is 1. The topological polar surface area (TPSA) is 34.4 Å². The second-order valence-electron chi connectivity index (χ2n) is 4.54. The van der Waals surface area contributed by atoms with Crippen LogP contribution in [0.1, 0.15) is 11.8 Å². The maximum absolute atomic E-state index is 12.1. The SMILES string of the molecule is CCn1c(=NC(=O)C=Cc2cccs2)sc2cc(Br)ccc21. The molecule has 1 aromatic carbocycles. The average molecular weight is 393 g/mol. The Morgan fingerprint density at radius 2 is 2.27 bits per heavy atom. The van der Waals surface area contributed by atoms with Crippen molar-refractivity contribution in [3.05, 3.63) is 55.9 Å². The number of fused-ring (bicyclic) bond motifs is 1. The largest absolute Gasteiger partial charge is 0.317 e. The number of rotatable bonds is 3. The van der Waals surface area contributed by atoms with Gasteiger partial charge in [0.2, 0.25) is 0 Å². The van der Waals surface area contributed by atoms with Gasteiger partial charge in [0.25, 0.3) is 5.91 Å². The second-order valence-corrected chi connectivity index (χ2v) is 7.44. The van der Waals surface area contributed by atoms with Crippen molar-refractivity contribution in [2.24, 2.45) is 4.99 Å². The molecule has 0 saturated heterocycles. The number of thiazole rings is 1. The van der Waals surface area contributed by atoms with E-state index in [4.69, 9.17) is 0 Å². The first-order chi connectivity index (χ1) is 10.7. The number of aryl methyl sites for hydroxylation is 1. The summed E-state index contributed by atoms with van der Waals surface area (Å²) < 4.78 is 4.20. The lowest BCUT2D eigenvalue weighted by Gasteiger charge is -1.99. The highest BCUT2D eigenvalue weighted by Gasteiger charge is 2.06. The highest BCUT2D eigenvalue weighted by molar-refractivity contribution is 9.10. The van der Waals surface area contributed by atoms with Gasteiger partial charge in [-0.3, -0.25) is 4.79 Å². The summed E-state index contributed by atoms with van der Waals surface area (Å²) in [4.78, 5) is 18.1. The molecule has 3 aromatic rings. The smallest absolute Gasteiger partial charge is 0.272 e. The lowest BCUT2D eigenvalue weighted by atomic mass is 10.3. The predicted octanol–water partition coefficient (Wildman–Crippen LogP) is 4.69. The first kappa shape index (κ1) is 15.4. The van der Waals surface area contributed by atoms with Crippen molar-refractivity contribution >= 4 is 60.8 Å². The summed E-state index contributed by atoms with van der Waals surface area (Å²) in [5.74, 6) is -0.235. The zero-order valence-electron chi connectivity index (χ0n) is 11.8. The van der Waals surface area contributed by atoms with E-state index in [0.29, 0.717) is 0 Å². The molecule has 6 heteroatoms. The second kappa shape index (κ2) is 6.73. The van der Waals surface area contributed by atoms with Crippen LogP contribution in [0.2, 0.25) is 0 Å². The van der Waals surface area contributed by atoms with Gasteiger partial charge in [-0.25, -0.2) is 0 Å². The minimum Gasteiger partial charge on any atom is -0.317 e. The van der Waals surface area contributed by atoms with Crippen LogP contribution < -0.4 is 4.80 Å². The van der Waals surface area contributed by atoms with Crippen LogP contribution in [0.5, 0.6) is 0 Å². The molecule has 2 heterocycles. The lowest BCUT2D eigenvalue weighted by Crippen LogP contribution is -2.15. The molecule has 0 spiro atoms. The van der Waals surface area contributed by atoms with Crippen LogP contribution in [0.3, 0.4) is 0 Å². The Kier molecular flexibility index (Phi) is 4.71. The van der Waals surface area contributed by atoms with Crippen LogP contribution in [0.25, 0.3) is 16.3 Å². The number of benzene rings is 1. The average Bonchev–Trinajstić information content (AvgIpc) is 3.11. The van der Waals surface area contributed by atoms with Crippen molar-refractivity contribution in [2.45, 2.75) is 13.5 Å². The summed E-state index contributed by atoms with van der Waals surface area (Å²) in [6.45, 7) is 2.83. The fourth-order valence-corrected chi connectivity index (χ4v) is 4.38. The number of hydrogen-bond acceptors (Lipinski definition) is 3. The summed E-state index contributed by atoms with van der Waals surface area (Å²) in [6.07, 6.45) is 3.32. The molecule has 22 heavy (non-hydrogen) atoms. The van der Waals surface area contributed by atoms with Crippen LogP contribution in [-0.2, 0) is 11.3 Å². The van der Waals surface area contributed by atoms with Gasteiger partial charge in [0.1, 0.15) is 0 Å². The Balaban J connectivity index is 1.99. The maximum Gasteiger partial charge on any atom is 0.272 e. The first-order valence-corrected chi connectivity index (χ1v) is 9.25. The van der Waals surface area contributed by atoms with Gasteiger partial charge < -0.3 is 4.57 Å². The Morgan fingerprint density at radius 3 is 3.00 bits per heavy atom. The van der Waals surface area contributed by atoms with Crippen molar-refractivity contribution in [1.82, 2.24) is 4.57 Å². The Hall–Kier alpha value is -1.50. The van der Waals surface area contributed by atoms with Crippen LogP contribution in [0.15, 0.2) is 51.3 Å². The molecule has 0 aliphatic heterocycles. The summed E-state index contributed by atoms with van der Waals surface area (Å²) >= 11 is 6.60. The highest BCUT2D eigenvalue weighted by atomic mass is 79.9. The fourth-order valence-electron chi connectivity index (χ4n) is 2.11. The van der Waals surface area contributed by atoms with Gasteiger partial charge >= 0.3 is 0 Å². The van der Waals surface area contributed by atoms with E-state index in [1.807, 2.05) is 29.6 Å². The van der Waals surface area contributed by atoms with Gasteiger partial charge in [-0.05, 0) is 42.6 Å². The standard InChI is InChI=1S/C16H13BrN2OS2/c1-2-19-13-7-5-11(17)10-14(13)22-16(19)18-15(20)8-6-12-4-3-9-21-12/h3-10H,2H2,1H3. The molecule has 112 valence electrons. The molecule has 1 amide bonds. The molecule has 0 saturated carbocycles. The van der Waals surface area contributed by atoms with Gasteiger partial charge in [0.15, 0.2) is 4.80 Å². The zero-order chi connectivity index (χ0) is 15.5. The molecule has 0 bridgehead atoms. The molecule has 0 radical (unpaired) electrons. The highest BCUT2D eigenvalue weighted by Crippen LogP contribution is 2.22. The quantitative estimate of drug-likeness (QED) is 0.595. The van der Waals surface area contributed by atoms with Crippen molar-refractivity contribution < 1.29 is 4.79 Å². The molecule has 0 N–H and O–H groups in total. The van der Waals surface area contributed by atoms with Gasteiger partial charge in [-0.2, -0.15) is 4.99 Å². The number of hydrogen-bond donors (Lipinski definition) is 0. The van der Waals surface area contributed by atoms with E-state index in [0.717, 1.165) is 30.9 Å². The third-order valence-electron chi connectivity index (χ3n) is 3.10. The minimum absolute atomic E-state index is 0.235. The fraction of sp³-hybridized carbons (Fsp3) is 0.125. The predicted molar refractivity (Wildman–Crippen MR) is 97.1 cm³/mol. The molecular formula is C16H13BrN2OS2. The number of nitrogens with zero attached hydrogens (tertiary/aromatic N) is 2. The molecule has 0 aliphatic carbocycles. The van der Waals surface area contributed by atoms with E-state index < -0.39 is 0 Å². The molecular weight excluding hydrogens is 380 g/mol. The number of thiophene rings is 1. The number of amides is 1. The van der Waals surface area contributed by atoms with Crippen LogP contribution in [-0.4, -0.2) is 10.5 Å². The molecule has 0 aliphatic rings. The van der Waals surface area contributed by atoms with Crippen LogP contribution >= 0.6 is 38.6 Å². The maximum atomic E-state index is 12.1. The monoisotopic (exact) mass is 392 g/mol. The molecule has 0 fully saturated rings. The Bertz CT molecular complexity index is 904. The van der Waals surface area contributed by atoms with E-state index in [9.17, 15) is 4.79 Å². The van der Waals surface area contributed by atoms with E-state index in [-0.39, 0.29) is 5.91 Å². The van der Waals surface area contributed by atoms with Crippen molar-refractivity contribution in [2.75, 3.05) is 0 Å². The third kappa shape index (κ3) is 3.29. The molecule has 0 atom stereocenters.